The van der Waals surface area contributed by atoms with E-state index in [1.54, 1.807) is 11.3 Å². The molecule has 0 N–H and O–H groups in total. The van der Waals surface area contributed by atoms with Crippen molar-refractivity contribution in [3.8, 4) is 16.5 Å². The number of aromatic nitrogens is 2. The molecule has 3 heterocycles. The molecule has 2 aromatic heterocycles. The molecular weight excluding hydrogens is 240 g/mol. The number of hydrogen-bond donors (Lipinski definition) is 0. The van der Waals surface area contributed by atoms with E-state index in [1.165, 1.54) is 0 Å². The maximum atomic E-state index is 5.51. The first-order valence-electron chi connectivity index (χ1n) is 5.50. The fraction of sp³-hybridized carbons (Fsp3) is 0.455. The Kier molecular flexibility index (Phi) is 2.82. The van der Waals surface area contributed by atoms with Crippen molar-refractivity contribution in [2.24, 2.45) is 0 Å². The Hall–Kier alpha value is -1.40. The average Bonchev–Trinajstić information content (AvgIpc) is 2.84. The van der Waals surface area contributed by atoms with E-state index in [0.29, 0.717) is 31.5 Å². The van der Waals surface area contributed by atoms with Gasteiger partial charge in [0, 0.05) is 0 Å². The van der Waals surface area contributed by atoms with Gasteiger partial charge in [0.05, 0.1) is 25.7 Å². The van der Waals surface area contributed by atoms with Crippen molar-refractivity contribution >= 4 is 11.3 Å². The zero-order valence-electron chi connectivity index (χ0n) is 9.38. The smallest absolute Gasteiger partial charge is 0.234 e. The van der Waals surface area contributed by atoms with Gasteiger partial charge in [-0.3, -0.25) is 0 Å². The molecule has 1 saturated heterocycles. The predicted molar refractivity (Wildman–Crippen MR) is 62.3 cm³/mol. The van der Waals surface area contributed by atoms with E-state index < -0.39 is 0 Å². The van der Waals surface area contributed by atoms with Crippen molar-refractivity contribution in [1.29, 1.82) is 0 Å². The van der Waals surface area contributed by atoms with Crippen LogP contribution >= 0.6 is 11.3 Å². The highest BCUT2D eigenvalue weighted by atomic mass is 32.1. The number of thiophene rings is 1. The van der Waals surface area contributed by atoms with E-state index in [9.17, 15) is 0 Å². The second-order valence-electron chi connectivity index (χ2n) is 3.74. The van der Waals surface area contributed by atoms with Crippen LogP contribution in [-0.4, -0.2) is 30.0 Å². The Balaban J connectivity index is 1.87. The Morgan fingerprint density at radius 2 is 2.41 bits per heavy atom. The summed E-state index contributed by atoms with van der Waals surface area (Å²) >= 11 is 1.55. The molecule has 0 amide bonds. The van der Waals surface area contributed by atoms with Crippen LogP contribution in [0.25, 0.3) is 10.7 Å². The summed E-state index contributed by atoms with van der Waals surface area (Å²) in [6, 6.07) is 1.92. The summed E-state index contributed by atoms with van der Waals surface area (Å²) < 4.78 is 15.8. The minimum absolute atomic E-state index is 0.256. The topological polar surface area (TPSA) is 57.4 Å². The van der Waals surface area contributed by atoms with Crippen LogP contribution in [0.2, 0.25) is 0 Å². The minimum atomic E-state index is 0.256. The van der Waals surface area contributed by atoms with Gasteiger partial charge in [-0.25, -0.2) is 0 Å². The second-order valence-corrected chi connectivity index (χ2v) is 4.65. The molecule has 0 saturated carbocycles. The molecule has 6 heteroatoms. The Morgan fingerprint density at radius 3 is 3.12 bits per heavy atom. The lowest BCUT2D eigenvalue weighted by Crippen LogP contribution is -2.25. The summed E-state index contributed by atoms with van der Waals surface area (Å²) in [4.78, 5) is 5.31. The Morgan fingerprint density at radius 1 is 1.53 bits per heavy atom. The average molecular weight is 252 g/mol. The van der Waals surface area contributed by atoms with Crippen molar-refractivity contribution in [3.63, 3.8) is 0 Å². The standard InChI is InChI=1S/C11H12N2O3S/c1-2-15-8-3-4-17-9(8)10-12-11(16-13-10)7-5-14-6-7/h3-4,7H,2,5-6H2,1H3. The van der Waals surface area contributed by atoms with Gasteiger partial charge in [0.2, 0.25) is 11.7 Å². The van der Waals surface area contributed by atoms with Crippen molar-refractivity contribution in [2.75, 3.05) is 19.8 Å². The summed E-state index contributed by atoms with van der Waals surface area (Å²) in [5, 5.41) is 5.95. The molecule has 0 atom stereocenters. The van der Waals surface area contributed by atoms with Crippen molar-refractivity contribution in [3.05, 3.63) is 17.3 Å². The predicted octanol–water partition coefficient (Wildman–Crippen LogP) is 2.31. The molecule has 0 spiro atoms. The van der Waals surface area contributed by atoms with Gasteiger partial charge >= 0.3 is 0 Å². The van der Waals surface area contributed by atoms with Crippen molar-refractivity contribution in [2.45, 2.75) is 12.8 Å². The van der Waals surface area contributed by atoms with Crippen LogP contribution < -0.4 is 4.74 Å². The Bertz CT molecular complexity index is 504. The van der Waals surface area contributed by atoms with Crippen LogP contribution in [0.1, 0.15) is 18.7 Å². The van der Waals surface area contributed by atoms with E-state index in [-0.39, 0.29) is 5.92 Å². The molecule has 0 aliphatic carbocycles. The molecule has 90 valence electrons. The van der Waals surface area contributed by atoms with Gasteiger partial charge in [0.15, 0.2) is 0 Å². The lowest BCUT2D eigenvalue weighted by Gasteiger charge is -2.21. The van der Waals surface area contributed by atoms with Crippen LogP contribution in [0.5, 0.6) is 5.75 Å². The normalized spacial score (nSPS) is 15.8. The van der Waals surface area contributed by atoms with Crippen LogP contribution in [0, 0.1) is 0 Å². The molecule has 2 aromatic rings. The van der Waals surface area contributed by atoms with E-state index in [4.69, 9.17) is 14.0 Å². The molecule has 0 aromatic carbocycles. The number of hydrogen-bond acceptors (Lipinski definition) is 6. The summed E-state index contributed by atoms with van der Waals surface area (Å²) in [7, 11) is 0. The van der Waals surface area contributed by atoms with Gasteiger partial charge in [-0.15, -0.1) is 11.3 Å². The van der Waals surface area contributed by atoms with Crippen LogP contribution in [-0.2, 0) is 4.74 Å². The van der Waals surface area contributed by atoms with Gasteiger partial charge in [0.25, 0.3) is 0 Å². The first-order chi connectivity index (χ1) is 8.38. The lowest BCUT2D eigenvalue weighted by molar-refractivity contribution is -0.00445. The van der Waals surface area contributed by atoms with Gasteiger partial charge < -0.3 is 14.0 Å². The Labute approximate surface area is 102 Å². The zero-order chi connectivity index (χ0) is 11.7. The van der Waals surface area contributed by atoms with Gasteiger partial charge in [-0.2, -0.15) is 4.98 Å². The number of ether oxygens (including phenoxy) is 2. The quantitative estimate of drug-likeness (QED) is 0.835. The highest BCUT2D eigenvalue weighted by Crippen LogP contribution is 2.34. The van der Waals surface area contributed by atoms with Crippen LogP contribution in [0.4, 0.5) is 0 Å². The van der Waals surface area contributed by atoms with Crippen LogP contribution in [0.3, 0.4) is 0 Å². The third-order valence-corrected chi connectivity index (χ3v) is 3.45. The van der Waals surface area contributed by atoms with Gasteiger partial charge in [0.1, 0.15) is 10.6 Å². The van der Waals surface area contributed by atoms with Gasteiger partial charge in [-0.1, -0.05) is 5.16 Å². The maximum absolute atomic E-state index is 5.51. The highest BCUT2D eigenvalue weighted by Gasteiger charge is 2.27. The molecule has 0 unspecified atom stereocenters. The first kappa shape index (κ1) is 10.7. The van der Waals surface area contributed by atoms with Crippen LogP contribution in [0.15, 0.2) is 16.0 Å². The zero-order valence-corrected chi connectivity index (χ0v) is 10.2. The lowest BCUT2D eigenvalue weighted by atomic mass is 10.1. The third kappa shape index (κ3) is 1.94. The summed E-state index contributed by atoms with van der Waals surface area (Å²) in [6.07, 6.45) is 0. The summed E-state index contributed by atoms with van der Waals surface area (Å²) in [5.74, 6) is 2.33. The van der Waals surface area contributed by atoms with E-state index >= 15 is 0 Å². The second kappa shape index (κ2) is 4.46. The third-order valence-electron chi connectivity index (χ3n) is 2.56. The molecule has 1 aliphatic rings. The fourth-order valence-corrected chi connectivity index (χ4v) is 2.36. The maximum Gasteiger partial charge on any atom is 0.234 e. The van der Waals surface area contributed by atoms with E-state index in [0.717, 1.165) is 10.6 Å². The summed E-state index contributed by atoms with van der Waals surface area (Å²) in [5.41, 5.74) is 0. The molecule has 1 aliphatic heterocycles. The first-order valence-corrected chi connectivity index (χ1v) is 6.38. The monoisotopic (exact) mass is 252 g/mol. The summed E-state index contributed by atoms with van der Waals surface area (Å²) in [6.45, 7) is 3.93. The van der Waals surface area contributed by atoms with Crippen molar-refractivity contribution < 1.29 is 14.0 Å². The molecule has 17 heavy (non-hydrogen) atoms. The largest absolute Gasteiger partial charge is 0.492 e. The minimum Gasteiger partial charge on any atom is -0.492 e. The molecule has 0 bridgehead atoms. The highest BCUT2D eigenvalue weighted by molar-refractivity contribution is 7.13. The number of rotatable bonds is 4. The molecule has 0 radical (unpaired) electrons. The molecule has 3 rings (SSSR count). The molecule has 5 nitrogen and oxygen atoms in total. The fourth-order valence-electron chi connectivity index (χ4n) is 1.60. The van der Waals surface area contributed by atoms with E-state index in [1.807, 2.05) is 18.4 Å². The van der Waals surface area contributed by atoms with Gasteiger partial charge in [-0.05, 0) is 18.4 Å². The van der Waals surface area contributed by atoms with Crippen molar-refractivity contribution in [1.82, 2.24) is 10.1 Å². The van der Waals surface area contributed by atoms with E-state index in [2.05, 4.69) is 10.1 Å². The SMILES string of the molecule is CCOc1ccsc1-c1noc(C2COC2)n1. The number of nitrogens with zero attached hydrogens (tertiary/aromatic N) is 2. The molecular formula is C11H12N2O3S. The molecule has 1 fully saturated rings.